The minimum absolute atomic E-state index is 0.0157. The van der Waals surface area contributed by atoms with Gasteiger partial charge in [0.15, 0.2) is 0 Å². The number of aromatic nitrogens is 1. The van der Waals surface area contributed by atoms with Gasteiger partial charge in [0.1, 0.15) is 6.10 Å². The zero-order chi connectivity index (χ0) is 14.8. The maximum atomic E-state index is 12.2. The standard InChI is InChI=1S/C15H12BrClN2O2/c16-11-3-1-10(2-4-11)15(20)19-8-13(9-19)21-14-6-5-12(17)7-18-14/h1-7,13H,8-9H2. The Balaban J connectivity index is 1.54. The summed E-state index contributed by atoms with van der Waals surface area (Å²) in [4.78, 5) is 18.0. The smallest absolute Gasteiger partial charge is 0.254 e. The number of hydrogen-bond donors (Lipinski definition) is 0. The van der Waals surface area contributed by atoms with Crippen LogP contribution in [0.3, 0.4) is 0 Å². The van der Waals surface area contributed by atoms with Crippen LogP contribution in [0.4, 0.5) is 0 Å². The van der Waals surface area contributed by atoms with Crippen molar-refractivity contribution < 1.29 is 9.53 Å². The Kier molecular flexibility index (Phi) is 4.12. The predicted octanol–water partition coefficient (Wildman–Crippen LogP) is 3.40. The number of nitrogens with zero attached hydrogens (tertiary/aromatic N) is 2. The van der Waals surface area contributed by atoms with Gasteiger partial charge in [0, 0.05) is 22.3 Å². The molecular weight excluding hydrogens is 356 g/mol. The fourth-order valence-electron chi connectivity index (χ4n) is 2.06. The average Bonchev–Trinajstić information content (AvgIpc) is 2.44. The lowest BCUT2D eigenvalue weighted by molar-refractivity contribution is 0.0160. The fourth-order valence-corrected chi connectivity index (χ4v) is 2.43. The molecule has 0 radical (unpaired) electrons. The largest absolute Gasteiger partial charge is 0.471 e. The predicted molar refractivity (Wildman–Crippen MR) is 83.7 cm³/mol. The van der Waals surface area contributed by atoms with Crippen molar-refractivity contribution in [1.82, 2.24) is 9.88 Å². The molecule has 2 aromatic rings. The van der Waals surface area contributed by atoms with Crippen LogP contribution in [0.15, 0.2) is 47.1 Å². The average molecular weight is 368 g/mol. The summed E-state index contributed by atoms with van der Waals surface area (Å²) in [5.41, 5.74) is 0.682. The Labute approximate surface area is 135 Å². The van der Waals surface area contributed by atoms with Crippen LogP contribution < -0.4 is 4.74 Å². The number of amides is 1. The lowest BCUT2D eigenvalue weighted by Crippen LogP contribution is -2.56. The second-order valence-corrected chi connectivity index (χ2v) is 6.12. The van der Waals surface area contributed by atoms with E-state index in [2.05, 4.69) is 20.9 Å². The van der Waals surface area contributed by atoms with Gasteiger partial charge in [0.25, 0.3) is 5.91 Å². The number of carbonyl (C=O) groups is 1. The first-order valence-electron chi connectivity index (χ1n) is 6.45. The van der Waals surface area contributed by atoms with Gasteiger partial charge >= 0.3 is 0 Å². The molecule has 1 aromatic carbocycles. The van der Waals surface area contributed by atoms with Gasteiger partial charge in [-0.05, 0) is 30.3 Å². The maximum Gasteiger partial charge on any atom is 0.254 e. The van der Waals surface area contributed by atoms with E-state index in [0.29, 0.717) is 29.6 Å². The molecule has 3 rings (SSSR count). The number of ether oxygens (including phenoxy) is 1. The Morgan fingerprint density at radius 1 is 1.24 bits per heavy atom. The van der Waals surface area contributed by atoms with Gasteiger partial charge in [-0.1, -0.05) is 27.5 Å². The highest BCUT2D eigenvalue weighted by Crippen LogP contribution is 2.20. The molecule has 1 saturated heterocycles. The topological polar surface area (TPSA) is 42.4 Å². The van der Waals surface area contributed by atoms with Crippen LogP contribution >= 0.6 is 27.5 Å². The number of pyridine rings is 1. The van der Waals surface area contributed by atoms with Gasteiger partial charge in [-0.25, -0.2) is 4.98 Å². The van der Waals surface area contributed by atoms with Gasteiger partial charge in [-0.15, -0.1) is 0 Å². The number of benzene rings is 1. The molecule has 4 nitrogen and oxygen atoms in total. The Bertz CT molecular complexity index is 640. The van der Waals surface area contributed by atoms with Crippen molar-refractivity contribution >= 4 is 33.4 Å². The molecule has 1 amide bonds. The molecule has 1 aliphatic rings. The number of carbonyl (C=O) groups excluding carboxylic acids is 1. The van der Waals surface area contributed by atoms with E-state index in [1.165, 1.54) is 0 Å². The summed E-state index contributed by atoms with van der Waals surface area (Å²) >= 11 is 9.12. The number of likely N-dealkylation sites (tertiary alicyclic amines) is 1. The molecular formula is C15H12BrClN2O2. The first-order chi connectivity index (χ1) is 10.1. The second-order valence-electron chi connectivity index (χ2n) is 4.77. The van der Waals surface area contributed by atoms with Gasteiger partial charge < -0.3 is 9.64 Å². The van der Waals surface area contributed by atoms with Crippen LogP contribution in [-0.2, 0) is 0 Å². The molecule has 6 heteroatoms. The molecule has 108 valence electrons. The van der Waals surface area contributed by atoms with E-state index in [1.54, 1.807) is 35.4 Å². The zero-order valence-electron chi connectivity index (χ0n) is 11.0. The van der Waals surface area contributed by atoms with Crippen molar-refractivity contribution in [3.05, 3.63) is 57.7 Å². The maximum absolute atomic E-state index is 12.2. The van der Waals surface area contributed by atoms with Crippen LogP contribution in [0.2, 0.25) is 5.02 Å². The quantitative estimate of drug-likeness (QED) is 0.835. The van der Waals surface area contributed by atoms with Crippen molar-refractivity contribution in [3.63, 3.8) is 0 Å². The lowest BCUT2D eigenvalue weighted by Gasteiger charge is -2.38. The summed E-state index contributed by atoms with van der Waals surface area (Å²) in [5.74, 6) is 0.548. The zero-order valence-corrected chi connectivity index (χ0v) is 13.3. The van der Waals surface area contributed by atoms with Crippen LogP contribution in [0.25, 0.3) is 0 Å². The Morgan fingerprint density at radius 3 is 2.57 bits per heavy atom. The Hall–Kier alpha value is -1.59. The van der Waals surface area contributed by atoms with Gasteiger partial charge in [0.2, 0.25) is 5.88 Å². The summed E-state index contributed by atoms with van der Waals surface area (Å²) in [6, 6.07) is 10.8. The first kappa shape index (κ1) is 14.4. The first-order valence-corrected chi connectivity index (χ1v) is 7.62. The highest BCUT2D eigenvalue weighted by Gasteiger charge is 2.33. The van der Waals surface area contributed by atoms with Crippen LogP contribution in [0, 0.1) is 0 Å². The summed E-state index contributed by atoms with van der Waals surface area (Å²) in [6.45, 7) is 1.14. The summed E-state index contributed by atoms with van der Waals surface area (Å²) in [7, 11) is 0. The molecule has 0 N–H and O–H groups in total. The minimum Gasteiger partial charge on any atom is -0.471 e. The summed E-state index contributed by atoms with van der Waals surface area (Å²) in [5, 5.41) is 0.572. The van der Waals surface area contributed by atoms with E-state index in [4.69, 9.17) is 16.3 Å². The highest BCUT2D eigenvalue weighted by atomic mass is 79.9. The molecule has 0 unspecified atom stereocenters. The van der Waals surface area contributed by atoms with Crippen LogP contribution in [0.5, 0.6) is 5.88 Å². The van der Waals surface area contributed by atoms with E-state index in [0.717, 1.165) is 4.47 Å². The minimum atomic E-state index is -0.0157. The van der Waals surface area contributed by atoms with Crippen LogP contribution in [0.1, 0.15) is 10.4 Å². The van der Waals surface area contributed by atoms with E-state index < -0.39 is 0 Å². The third kappa shape index (κ3) is 3.36. The molecule has 0 spiro atoms. The van der Waals surface area contributed by atoms with E-state index >= 15 is 0 Å². The van der Waals surface area contributed by atoms with Crippen LogP contribution in [-0.4, -0.2) is 35.0 Å². The SMILES string of the molecule is O=C(c1ccc(Br)cc1)N1CC(Oc2ccc(Cl)cn2)C1. The number of hydrogen-bond acceptors (Lipinski definition) is 3. The van der Waals surface area contributed by atoms with Crippen molar-refractivity contribution in [2.75, 3.05) is 13.1 Å². The van der Waals surface area contributed by atoms with Crippen molar-refractivity contribution in [2.45, 2.75) is 6.10 Å². The molecule has 1 fully saturated rings. The van der Waals surface area contributed by atoms with Gasteiger partial charge in [-0.3, -0.25) is 4.79 Å². The summed E-state index contributed by atoms with van der Waals surface area (Å²) in [6.07, 6.45) is 1.53. The third-order valence-corrected chi connectivity index (χ3v) is 3.97. The molecule has 21 heavy (non-hydrogen) atoms. The fraction of sp³-hybridized carbons (Fsp3) is 0.200. The van der Waals surface area contributed by atoms with Crippen molar-refractivity contribution in [1.29, 1.82) is 0 Å². The molecule has 0 bridgehead atoms. The van der Waals surface area contributed by atoms with E-state index in [-0.39, 0.29) is 12.0 Å². The third-order valence-electron chi connectivity index (χ3n) is 3.21. The monoisotopic (exact) mass is 366 g/mol. The van der Waals surface area contributed by atoms with Gasteiger partial charge in [-0.2, -0.15) is 0 Å². The van der Waals surface area contributed by atoms with Crippen molar-refractivity contribution in [3.8, 4) is 5.88 Å². The molecule has 0 atom stereocenters. The second kappa shape index (κ2) is 6.03. The molecule has 2 heterocycles. The number of halogens is 2. The Morgan fingerprint density at radius 2 is 1.95 bits per heavy atom. The van der Waals surface area contributed by atoms with Gasteiger partial charge in [0.05, 0.1) is 18.1 Å². The van der Waals surface area contributed by atoms with E-state index in [1.807, 2.05) is 12.1 Å². The highest BCUT2D eigenvalue weighted by molar-refractivity contribution is 9.10. The van der Waals surface area contributed by atoms with Crippen molar-refractivity contribution in [2.24, 2.45) is 0 Å². The molecule has 1 aromatic heterocycles. The lowest BCUT2D eigenvalue weighted by atomic mass is 10.1. The summed E-state index contributed by atoms with van der Waals surface area (Å²) < 4.78 is 6.63. The van der Waals surface area contributed by atoms with E-state index in [9.17, 15) is 4.79 Å². The molecule has 1 aliphatic heterocycles. The molecule has 0 aliphatic carbocycles. The normalized spacial score (nSPS) is 14.7. The molecule has 0 saturated carbocycles. The number of rotatable bonds is 3.